The van der Waals surface area contributed by atoms with Crippen molar-refractivity contribution in [2.45, 2.75) is 46.1 Å². The number of hydrogen-bond acceptors (Lipinski definition) is 3. The Morgan fingerprint density at radius 1 is 1.03 bits per heavy atom. The van der Waals surface area contributed by atoms with Gasteiger partial charge in [0.25, 0.3) is 5.91 Å². The quantitative estimate of drug-likeness (QED) is 0.712. The van der Waals surface area contributed by atoms with Gasteiger partial charge in [0, 0.05) is 24.2 Å². The summed E-state index contributed by atoms with van der Waals surface area (Å²) < 4.78 is 2.29. The second kappa shape index (κ2) is 8.07. The van der Waals surface area contributed by atoms with E-state index in [0.717, 1.165) is 41.0 Å². The number of aryl methyl sites for hydroxylation is 4. The Kier molecular flexibility index (Phi) is 5.34. The molecule has 1 aliphatic heterocycles. The van der Waals surface area contributed by atoms with Gasteiger partial charge >= 0.3 is 0 Å². The van der Waals surface area contributed by atoms with Gasteiger partial charge in [-0.25, -0.2) is 4.98 Å². The summed E-state index contributed by atoms with van der Waals surface area (Å²) >= 11 is 0. The first-order valence-electron chi connectivity index (χ1n) is 10.1. The fourth-order valence-corrected chi connectivity index (χ4v) is 4.00. The van der Waals surface area contributed by atoms with Gasteiger partial charge in [0.1, 0.15) is 5.82 Å². The summed E-state index contributed by atoms with van der Waals surface area (Å²) in [7, 11) is 0. The Morgan fingerprint density at radius 2 is 1.83 bits per heavy atom. The number of anilines is 1. The molecule has 0 spiro atoms. The van der Waals surface area contributed by atoms with Crippen LogP contribution < -0.4 is 10.6 Å². The van der Waals surface area contributed by atoms with E-state index in [0.29, 0.717) is 11.3 Å². The maximum absolute atomic E-state index is 12.3. The number of rotatable bonds is 4. The topological polar surface area (TPSA) is 76.0 Å². The Balaban J connectivity index is 1.40. The molecular formula is C23H26N4O2. The molecule has 1 aromatic heterocycles. The molecule has 3 aromatic rings. The number of nitrogens with one attached hydrogen (secondary N) is 2. The van der Waals surface area contributed by atoms with Crippen molar-refractivity contribution in [3.63, 3.8) is 0 Å². The lowest BCUT2D eigenvalue weighted by molar-refractivity contribution is -0.115. The summed E-state index contributed by atoms with van der Waals surface area (Å²) in [6.45, 7) is 4.82. The van der Waals surface area contributed by atoms with Crippen molar-refractivity contribution < 1.29 is 9.59 Å². The molecule has 0 radical (unpaired) electrons. The molecule has 0 saturated heterocycles. The first-order chi connectivity index (χ1) is 14.0. The van der Waals surface area contributed by atoms with Crippen molar-refractivity contribution >= 4 is 28.5 Å². The number of carbonyl (C=O) groups excluding carboxylic acids is 2. The SMILES string of the molecule is Cc1cc(C)cc(C(=O)NCC(=O)Nc2ccc3c(c2)nc2n3CCCCC2)c1. The monoisotopic (exact) mass is 390 g/mol. The maximum Gasteiger partial charge on any atom is 0.251 e. The second-order valence-electron chi connectivity index (χ2n) is 7.80. The molecule has 6 heteroatoms. The number of benzene rings is 2. The van der Waals surface area contributed by atoms with Gasteiger partial charge in [-0.3, -0.25) is 9.59 Å². The van der Waals surface area contributed by atoms with E-state index >= 15 is 0 Å². The van der Waals surface area contributed by atoms with E-state index < -0.39 is 0 Å². The standard InChI is InChI=1S/C23H26N4O2/c1-15-10-16(2)12-17(11-15)23(29)24-14-22(28)25-18-7-8-20-19(13-18)26-21-6-4-3-5-9-27(20)21/h7-8,10-13H,3-6,9,14H2,1-2H3,(H,24,29)(H,25,28). The smallest absolute Gasteiger partial charge is 0.251 e. The van der Waals surface area contributed by atoms with E-state index in [1.54, 1.807) is 0 Å². The normalized spacial score (nSPS) is 13.6. The molecule has 4 rings (SSSR count). The molecule has 0 atom stereocenters. The fourth-order valence-electron chi connectivity index (χ4n) is 4.00. The molecule has 0 fully saturated rings. The highest BCUT2D eigenvalue weighted by molar-refractivity contribution is 6.00. The van der Waals surface area contributed by atoms with Crippen molar-refractivity contribution in [2.24, 2.45) is 0 Å². The average Bonchev–Trinajstić information content (AvgIpc) is 2.85. The van der Waals surface area contributed by atoms with Gasteiger partial charge in [-0.2, -0.15) is 0 Å². The molecule has 29 heavy (non-hydrogen) atoms. The molecule has 0 bridgehead atoms. The minimum atomic E-state index is -0.261. The van der Waals surface area contributed by atoms with Crippen LogP contribution in [0.2, 0.25) is 0 Å². The van der Waals surface area contributed by atoms with Gasteiger partial charge in [-0.1, -0.05) is 23.6 Å². The van der Waals surface area contributed by atoms with Crippen LogP contribution in [0.5, 0.6) is 0 Å². The van der Waals surface area contributed by atoms with Crippen LogP contribution in [0.4, 0.5) is 5.69 Å². The average molecular weight is 390 g/mol. The van der Waals surface area contributed by atoms with E-state index in [2.05, 4.69) is 15.2 Å². The second-order valence-corrected chi connectivity index (χ2v) is 7.80. The van der Waals surface area contributed by atoms with Crippen molar-refractivity contribution in [1.29, 1.82) is 0 Å². The largest absolute Gasteiger partial charge is 0.343 e. The van der Waals surface area contributed by atoms with E-state index in [4.69, 9.17) is 4.98 Å². The van der Waals surface area contributed by atoms with Gasteiger partial charge in [-0.15, -0.1) is 0 Å². The van der Waals surface area contributed by atoms with Crippen LogP contribution in [-0.4, -0.2) is 27.9 Å². The van der Waals surface area contributed by atoms with Crippen LogP contribution in [0.25, 0.3) is 11.0 Å². The van der Waals surface area contributed by atoms with Gasteiger partial charge in [0.2, 0.25) is 5.91 Å². The van der Waals surface area contributed by atoms with Crippen LogP contribution in [0.3, 0.4) is 0 Å². The molecular weight excluding hydrogens is 364 g/mol. The molecule has 2 N–H and O–H groups in total. The number of imidazole rings is 1. The Morgan fingerprint density at radius 3 is 2.62 bits per heavy atom. The third-order valence-corrected chi connectivity index (χ3v) is 5.29. The third-order valence-electron chi connectivity index (χ3n) is 5.29. The van der Waals surface area contributed by atoms with Crippen molar-refractivity contribution in [2.75, 3.05) is 11.9 Å². The highest BCUT2D eigenvalue weighted by atomic mass is 16.2. The number of aromatic nitrogens is 2. The summed E-state index contributed by atoms with van der Waals surface area (Å²) in [5.41, 5.74) is 5.31. The Bertz CT molecular complexity index is 1060. The summed E-state index contributed by atoms with van der Waals surface area (Å²) in [5, 5.41) is 5.54. The predicted molar refractivity (Wildman–Crippen MR) is 114 cm³/mol. The number of hydrogen-bond donors (Lipinski definition) is 2. The van der Waals surface area contributed by atoms with Gasteiger partial charge in [0.15, 0.2) is 0 Å². The molecule has 1 aliphatic rings. The maximum atomic E-state index is 12.3. The number of nitrogens with zero attached hydrogens (tertiary/aromatic N) is 2. The summed E-state index contributed by atoms with van der Waals surface area (Å²) in [6, 6.07) is 11.5. The Labute approximate surface area is 170 Å². The van der Waals surface area contributed by atoms with Crippen molar-refractivity contribution in [3.8, 4) is 0 Å². The molecule has 2 aromatic carbocycles. The number of amides is 2. The molecule has 0 saturated carbocycles. The Hall–Kier alpha value is -3.15. The lowest BCUT2D eigenvalue weighted by Gasteiger charge is -2.09. The van der Waals surface area contributed by atoms with Gasteiger partial charge < -0.3 is 15.2 Å². The van der Waals surface area contributed by atoms with Crippen LogP contribution in [-0.2, 0) is 17.8 Å². The lowest BCUT2D eigenvalue weighted by Crippen LogP contribution is -2.32. The zero-order valence-electron chi connectivity index (χ0n) is 16.9. The van der Waals surface area contributed by atoms with Crippen LogP contribution in [0.1, 0.15) is 46.6 Å². The molecule has 6 nitrogen and oxygen atoms in total. The predicted octanol–water partition coefficient (Wildman–Crippen LogP) is 3.75. The third kappa shape index (κ3) is 4.31. The minimum Gasteiger partial charge on any atom is -0.343 e. The molecule has 0 unspecified atom stereocenters. The van der Waals surface area contributed by atoms with E-state index in [1.807, 2.05) is 50.2 Å². The van der Waals surface area contributed by atoms with Crippen LogP contribution in [0.15, 0.2) is 36.4 Å². The highest BCUT2D eigenvalue weighted by Crippen LogP contribution is 2.24. The first-order valence-corrected chi connectivity index (χ1v) is 10.1. The molecule has 150 valence electrons. The number of fused-ring (bicyclic) bond motifs is 3. The summed E-state index contributed by atoms with van der Waals surface area (Å²) in [6.07, 6.45) is 4.60. The van der Waals surface area contributed by atoms with E-state index in [1.165, 1.54) is 19.3 Å². The van der Waals surface area contributed by atoms with Gasteiger partial charge in [-0.05, 0) is 57.0 Å². The molecule has 2 amide bonds. The highest BCUT2D eigenvalue weighted by Gasteiger charge is 2.14. The van der Waals surface area contributed by atoms with E-state index in [-0.39, 0.29) is 18.4 Å². The van der Waals surface area contributed by atoms with Gasteiger partial charge in [0.05, 0.1) is 17.6 Å². The lowest BCUT2D eigenvalue weighted by atomic mass is 10.1. The van der Waals surface area contributed by atoms with Crippen LogP contribution in [0, 0.1) is 13.8 Å². The zero-order valence-corrected chi connectivity index (χ0v) is 16.9. The van der Waals surface area contributed by atoms with Crippen molar-refractivity contribution in [3.05, 3.63) is 58.9 Å². The molecule has 2 heterocycles. The minimum absolute atomic E-state index is 0.0798. The summed E-state index contributed by atoms with van der Waals surface area (Å²) in [4.78, 5) is 29.4. The fraction of sp³-hybridized carbons (Fsp3) is 0.348. The van der Waals surface area contributed by atoms with E-state index in [9.17, 15) is 9.59 Å². The number of carbonyl (C=O) groups is 2. The molecule has 0 aliphatic carbocycles. The summed E-state index contributed by atoms with van der Waals surface area (Å²) in [5.74, 6) is 0.616. The first kappa shape index (κ1) is 19.2. The zero-order chi connectivity index (χ0) is 20.4. The van der Waals surface area contributed by atoms with Crippen LogP contribution >= 0.6 is 0 Å². The van der Waals surface area contributed by atoms with Crippen molar-refractivity contribution in [1.82, 2.24) is 14.9 Å².